The zero-order valence-electron chi connectivity index (χ0n) is 16.1. The largest absolute Gasteiger partial charge is 0.383 e. The SMILES string of the molecule is COC[C@]12C[C@H]1[C@@](C)(c1cc(NC(=O)c3cnc(Cl)cn3)cc(F)c1F)N=C(N)S2. The molecule has 1 aromatic heterocycles. The van der Waals surface area contributed by atoms with Crippen molar-refractivity contribution in [1.29, 1.82) is 0 Å². The number of hydrogen-bond acceptors (Lipinski definition) is 7. The summed E-state index contributed by atoms with van der Waals surface area (Å²) in [4.78, 5) is 24.5. The Balaban J connectivity index is 1.69. The summed E-state index contributed by atoms with van der Waals surface area (Å²) in [7, 11) is 1.58. The number of nitrogens with one attached hydrogen (secondary N) is 1. The third kappa shape index (κ3) is 3.52. The number of benzene rings is 1. The molecule has 3 atom stereocenters. The Morgan fingerprint density at radius 1 is 1.40 bits per heavy atom. The molecule has 1 amide bonds. The minimum atomic E-state index is -1.10. The molecule has 30 heavy (non-hydrogen) atoms. The van der Waals surface area contributed by atoms with Gasteiger partial charge in [0.2, 0.25) is 0 Å². The Labute approximate surface area is 180 Å². The summed E-state index contributed by atoms with van der Waals surface area (Å²) in [5.41, 5.74) is 4.99. The number of nitrogens with two attached hydrogens (primary N) is 1. The van der Waals surface area contributed by atoms with Crippen molar-refractivity contribution < 1.29 is 18.3 Å². The Bertz CT molecular complexity index is 1050. The van der Waals surface area contributed by atoms with E-state index in [1.807, 2.05) is 0 Å². The van der Waals surface area contributed by atoms with Gasteiger partial charge in [0.05, 0.1) is 29.3 Å². The maximum absolute atomic E-state index is 14.9. The van der Waals surface area contributed by atoms with Gasteiger partial charge in [-0.25, -0.2) is 18.7 Å². The van der Waals surface area contributed by atoms with E-state index in [4.69, 9.17) is 22.1 Å². The highest BCUT2D eigenvalue weighted by atomic mass is 35.5. The highest BCUT2D eigenvalue weighted by Crippen LogP contribution is 2.66. The smallest absolute Gasteiger partial charge is 0.275 e. The molecule has 2 aromatic rings. The summed E-state index contributed by atoms with van der Waals surface area (Å²) < 4.78 is 34.3. The average Bonchev–Trinajstić information content (AvgIpc) is 3.40. The Kier molecular flexibility index (Phi) is 5.19. The number of thioether (sulfide) groups is 1. The molecule has 0 radical (unpaired) electrons. The number of carbonyl (C=O) groups excluding carboxylic acids is 1. The summed E-state index contributed by atoms with van der Waals surface area (Å²) in [6, 6.07) is 2.28. The summed E-state index contributed by atoms with van der Waals surface area (Å²) >= 11 is 7.07. The molecule has 1 aliphatic carbocycles. The first-order chi connectivity index (χ1) is 14.2. The predicted molar refractivity (Wildman–Crippen MR) is 111 cm³/mol. The maximum Gasteiger partial charge on any atom is 0.275 e. The van der Waals surface area contributed by atoms with Gasteiger partial charge in [0.1, 0.15) is 10.8 Å². The van der Waals surface area contributed by atoms with Crippen LogP contribution in [-0.2, 0) is 10.3 Å². The quantitative estimate of drug-likeness (QED) is 0.719. The van der Waals surface area contributed by atoms with Crippen molar-refractivity contribution in [3.63, 3.8) is 0 Å². The number of amides is 1. The topological polar surface area (TPSA) is 102 Å². The molecule has 3 N–H and O–H groups in total. The predicted octanol–water partition coefficient (Wildman–Crippen LogP) is 3.34. The van der Waals surface area contributed by atoms with Gasteiger partial charge < -0.3 is 15.8 Å². The summed E-state index contributed by atoms with van der Waals surface area (Å²) in [6.45, 7) is 2.14. The molecular weight excluding hydrogens is 436 g/mol. The van der Waals surface area contributed by atoms with Gasteiger partial charge in [-0.05, 0) is 19.4 Å². The van der Waals surface area contributed by atoms with Crippen LogP contribution in [0.1, 0.15) is 29.4 Å². The van der Waals surface area contributed by atoms with E-state index in [9.17, 15) is 13.6 Å². The van der Waals surface area contributed by atoms with Gasteiger partial charge in [-0.3, -0.25) is 9.79 Å². The molecule has 0 unspecified atom stereocenters. The lowest BCUT2D eigenvalue weighted by Crippen LogP contribution is -2.38. The van der Waals surface area contributed by atoms with E-state index >= 15 is 0 Å². The van der Waals surface area contributed by atoms with Crippen molar-refractivity contribution in [2.75, 3.05) is 19.0 Å². The first-order valence-corrected chi connectivity index (χ1v) is 10.2. The highest BCUT2D eigenvalue weighted by Gasteiger charge is 2.66. The van der Waals surface area contributed by atoms with Crippen LogP contribution in [-0.4, -0.2) is 39.5 Å². The molecule has 4 rings (SSSR count). The van der Waals surface area contributed by atoms with Gasteiger partial charge in [-0.2, -0.15) is 0 Å². The van der Waals surface area contributed by atoms with Crippen molar-refractivity contribution in [1.82, 2.24) is 9.97 Å². The third-order valence-corrected chi connectivity index (χ3v) is 6.90. The minimum Gasteiger partial charge on any atom is -0.383 e. The molecular formula is C19H18ClF2N5O2S. The van der Waals surface area contributed by atoms with Crippen LogP contribution < -0.4 is 11.1 Å². The molecule has 158 valence electrons. The van der Waals surface area contributed by atoms with E-state index in [-0.39, 0.29) is 37.9 Å². The number of aromatic nitrogens is 2. The Morgan fingerprint density at radius 2 is 2.17 bits per heavy atom. The van der Waals surface area contributed by atoms with Crippen LogP contribution in [0.25, 0.3) is 0 Å². The minimum absolute atomic E-state index is 0.0190. The molecule has 7 nitrogen and oxygen atoms in total. The zero-order chi connectivity index (χ0) is 21.7. The summed E-state index contributed by atoms with van der Waals surface area (Å²) in [5, 5.41) is 2.93. The van der Waals surface area contributed by atoms with Crippen molar-refractivity contribution in [3.05, 3.63) is 52.6 Å². The number of halogens is 3. The highest BCUT2D eigenvalue weighted by molar-refractivity contribution is 8.15. The number of methoxy groups -OCH3 is 1. The molecule has 1 aliphatic heterocycles. The van der Waals surface area contributed by atoms with Gasteiger partial charge in [-0.1, -0.05) is 23.4 Å². The van der Waals surface area contributed by atoms with E-state index in [0.717, 1.165) is 6.07 Å². The lowest BCUT2D eigenvalue weighted by Gasteiger charge is -2.34. The van der Waals surface area contributed by atoms with Gasteiger partial charge >= 0.3 is 0 Å². The van der Waals surface area contributed by atoms with Crippen molar-refractivity contribution >= 4 is 40.1 Å². The van der Waals surface area contributed by atoms with Gasteiger partial charge in [0.15, 0.2) is 16.8 Å². The molecule has 2 aliphatic rings. The molecule has 1 saturated carbocycles. The monoisotopic (exact) mass is 453 g/mol. The molecule has 1 aromatic carbocycles. The zero-order valence-corrected chi connectivity index (χ0v) is 17.7. The van der Waals surface area contributed by atoms with Crippen LogP contribution in [0.4, 0.5) is 14.5 Å². The Morgan fingerprint density at radius 3 is 2.83 bits per heavy atom. The van der Waals surface area contributed by atoms with Gasteiger partial charge in [0, 0.05) is 30.3 Å². The lowest BCUT2D eigenvalue weighted by molar-refractivity contribution is 0.102. The van der Waals surface area contributed by atoms with Crippen LogP contribution in [0.15, 0.2) is 29.5 Å². The van der Waals surface area contributed by atoms with Crippen LogP contribution in [0, 0.1) is 17.6 Å². The van der Waals surface area contributed by atoms with E-state index in [0.29, 0.717) is 13.0 Å². The second kappa shape index (κ2) is 7.44. The van der Waals surface area contributed by atoms with E-state index in [2.05, 4.69) is 20.3 Å². The number of carbonyl (C=O) groups is 1. The van der Waals surface area contributed by atoms with Gasteiger partial charge in [-0.15, -0.1) is 0 Å². The number of fused-ring (bicyclic) bond motifs is 1. The number of rotatable bonds is 5. The maximum atomic E-state index is 14.9. The van der Waals surface area contributed by atoms with Gasteiger partial charge in [0.25, 0.3) is 5.91 Å². The van der Waals surface area contributed by atoms with Crippen LogP contribution in [0.3, 0.4) is 0 Å². The molecule has 11 heteroatoms. The standard InChI is InChI=1S/C19H18ClF2N5O2S/c1-18(13-5-19(13,8-29-2)30-17(23)27-18)10-3-9(4-11(21)15(10)22)26-16(28)12-6-25-14(20)7-24-12/h3-4,6-7,13H,5,8H2,1-2H3,(H2,23,27)(H,26,28)/t13-,18+,19+/m0/s1. The van der Waals surface area contributed by atoms with Crippen molar-refractivity contribution in [2.24, 2.45) is 16.6 Å². The van der Waals surface area contributed by atoms with E-state index < -0.39 is 23.1 Å². The second-order valence-corrected chi connectivity index (χ2v) is 9.27. The number of aliphatic imine (C=N–C) groups is 1. The molecule has 1 fully saturated rings. The summed E-state index contributed by atoms with van der Waals surface area (Å²) in [5.74, 6) is -2.85. The van der Waals surface area contributed by atoms with Crippen molar-refractivity contribution in [2.45, 2.75) is 23.6 Å². The van der Waals surface area contributed by atoms with E-state index in [1.54, 1.807) is 14.0 Å². The molecule has 0 saturated heterocycles. The first kappa shape index (κ1) is 21.0. The van der Waals surface area contributed by atoms with Crippen LogP contribution >= 0.6 is 23.4 Å². The van der Waals surface area contributed by atoms with E-state index in [1.165, 1.54) is 30.2 Å². The lowest BCUT2D eigenvalue weighted by atomic mass is 9.85. The summed E-state index contributed by atoms with van der Waals surface area (Å²) in [6.07, 6.45) is 3.10. The third-order valence-electron chi connectivity index (χ3n) is 5.43. The van der Waals surface area contributed by atoms with Crippen LogP contribution in [0.5, 0.6) is 0 Å². The fourth-order valence-electron chi connectivity index (χ4n) is 3.98. The van der Waals surface area contributed by atoms with Crippen molar-refractivity contribution in [3.8, 4) is 0 Å². The fraction of sp³-hybridized carbons (Fsp3) is 0.368. The number of amidine groups is 1. The number of nitrogens with zero attached hydrogens (tertiary/aromatic N) is 3. The molecule has 2 heterocycles. The van der Waals surface area contributed by atoms with Crippen LogP contribution in [0.2, 0.25) is 5.15 Å². The number of hydrogen-bond donors (Lipinski definition) is 2. The Hall–Kier alpha value is -2.30. The second-order valence-electron chi connectivity index (χ2n) is 7.45. The fourth-order valence-corrected chi connectivity index (χ4v) is 5.53. The number of ether oxygens (including phenoxy) is 1. The normalized spacial score (nSPS) is 27.2. The first-order valence-electron chi connectivity index (χ1n) is 9.00. The molecule has 0 bridgehead atoms. The molecule has 0 spiro atoms. The number of anilines is 1. The average molecular weight is 454 g/mol.